The maximum absolute atomic E-state index is 6.70. The molecule has 2 heteroatoms. The van der Waals surface area contributed by atoms with Crippen LogP contribution >= 0.6 is 0 Å². The van der Waals surface area contributed by atoms with Crippen LogP contribution in [0.2, 0.25) is 0 Å². The van der Waals surface area contributed by atoms with Gasteiger partial charge in [0.05, 0.1) is 11.4 Å². The number of allylic oxidation sites excluding steroid dienone is 7. The van der Waals surface area contributed by atoms with Crippen LogP contribution in [0.15, 0.2) is 156 Å². The largest absolute Gasteiger partial charge is 0.459 e. The Morgan fingerprint density at radius 3 is 2.27 bits per heavy atom. The Hall–Kier alpha value is -5.60. The molecule has 2 nitrogen and oxygen atoms in total. The molecule has 0 saturated carbocycles. The fourth-order valence-electron chi connectivity index (χ4n) is 8.12. The number of furan rings is 1. The first-order valence-electron chi connectivity index (χ1n) is 17.1. The van der Waals surface area contributed by atoms with E-state index in [4.69, 9.17) is 4.42 Å². The Morgan fingerprint density at radius 2 is 1.40 bits per heavy atom. The molecule has 0 saturated heterocycles. The van der Waals surface area contributed by atoms with E-state index in [1.807, 2.05) is 0 Å². The second kappa shape index (κ2) is 11.3. The summed E-state index contributed by atoms with van der Waals surface area (Å²) in [6.07, 6.45) is 16.3. The number of para-hydroxylation sites is 2. The van der Waals surface area contributed by atoms with Crippen LogP contribution in [-0.4, -0.2) is 0 Å². The lowest BCUT2D eigenvalue weighted by Gasteiger charge is -2.31. The van der Waals surface area contributed by atoms with Crippen molar-refractivity contribution in [1.29, 1.82) is 0 Å². The van der Waals surface area contributed by atoms with Crippen molar-refractivity contribution in [3.8, 4) is 22.3 Å². The first-order chi connectivity index (χ1) is 23.6. The van der Waals surface area contributed by atoms with Gasteiger partial charge in [-0.3, -0.25) is 0 Å². The number of hydrogen-bond donors (Lipinski definition) is 0. The number of fused-ring (bicyclic) bond motifs is 5. The number of hydrogen-bond acceptors (Lipinski definition) is 2. The molecule has 5 aromatic carbocycles. The third kappa shape index (κ3) is 4.47. The second-order valence-electron chi connectivity index (χ2n) is 13.5. The number of nitrogens with zero attached hydrogens (tertiary/aromatic N) is 1. The summed E-state index contributed by atoms with van der Waals surface area (Å²) >= 11 is 0. The molecular formula is C46H37NO. The molecule has 0 amide bonds. The average molecular weight is 620 g/mol. The highest BCUT2D eigenvalue weighted by molar-refractivity contribution is 6.03. The summed E-state index contributed by atoms with van der Waals surface area (Å²) in [5.74, 6) is 1.01. The molecule has 6 aromatic rings. The molecule has 0 radical (unpaired) electrons. The minimum Gasteiger partial charge on any atom is -0.459 e. The van der Waals surface area contributed by atoms with Crippen LogP contribution in [0.1, 0.15) is 49.1 Å². The van der Waals surface area contributed by atoms with Crippen LogP contribution in [-0.2, 0) is 11.8 Å². The maximum atomic E-state index is 6.70. The van der Waals surface area contributed by atoms with Crippen LogP contribution in [0.4, 0.5) is 17.1 Å². The van der Waals surface area contributed by atoms with Gasteiger partial charge in [0.1, 0.15) is 11.3 Å². The van der Waals surface area contributed by atoms with Crippen molar-refractivity contribution in [3.05, 3.63) is 174 Å². The van der Waals surface area contributed by atoms with Crippen molar-refractivity contribution < 1.29 is 4.42 Å². The normalized spacial score (nSPS) is 15.7. The van der Waals surface area contributed by atoms with E-state index in [2.05, 4.69) is 170 Å². The Labute approximate surface area is 282 Å². The predicted molar refractivity (Wildman–Crippen MR) is 202 cm³/mol. The lowest BCUT2D eigenvalue weighted by molar-refractivity contribution is 0.565. The fourth-order valence-corrected chi connectivity index (χ4v) is 8.12. The monoisotopic (exact) mass is 619 g/mol. The van der Waals surface area contributed by atoms with Gasteiger partial charge in [-0.05, 0) is 59.4 Å². The van der Waals surface area contributed by atoms with E-state index >= 15 is 0 Å². The minimum atomic E-state index is -0.0205. The van der Waals surface area contributed by atoms with Gasteiger partial charge >= 0.3 is 0 Å². The van der Waals surface area contributed by atoms with E-state index < -0.39 is 0 Å². The molecule has 3 aliphatic carbocycles. The Kier molecular flexibility index (Phi) is 6.72. The van der Waals surface area contributed by atoms with Crippen LogP contribution in [0.3, 0.4) is 0 Å². The predicted octanol–water partition coefficient (Wildman–Crippen LogP) is 12.8. The van der Waals surface area contributed by atoms with E-state index in [-0.39, 0.29) is 5.41 Å². The highest BCUT2D eigenvalue weighted by Gasteiger charge is 2.39. The van der Waals surface area contributed by atoms with Gasteiger partial charge in [0, 0.05) is 45.2 Å². The lowest BCUT2D eigenvalue weighted by atomic mass is 9.78. The summed E-state index contributed by atoms with van der Waals surface area (Å²) in [4.78, 5) is 2.48. The summed E-state index contributed by atoms with van der Waals surface area (Å²) in [5.41, 5.74) is 15.9. The molecule has 1 heterocycles. The first kappa shape index (κ1) is 28.6. The third-order valence-corrected chi connectivity index (χ3v) is 10.5. The highest BCUT2D eigenvalue weighted by atomic mass is 16.3. The van der Waals surface area contributed by atoms with Crippen LogP contribution in [0.25, 0.3) is 44.9 Å². The zero-order valence-electron chi connectivity index (χ0n) is 27.4. The van der Waals surface area contributed by atoms with Gasteiger partial charge in [0.25, 0.3) is 0 Å². The van der Waals surface area contributed by atoms with Gasteiger partial charge < -0.3 is 9.32 Å². The minimum absolute atomic E-state index is 0.0205. The number of benzene rings is 5. The maximum Gasteiger partial charge on any atom is 0.142 e. The van der Waals surface area contributed by atoms with Crippen LogP contribution in [0.5, 0.6) is 0 Å². The van der Waals surface area contributed by atoms with E-state index in [0.29, 0.717) is 0 Å². The molecule has 48 heavy (non-hydrogen) atoms. The van der Waals surface area contributed by atoms with Gasteiger partial charge in [-0.1, -0.05) is 147 Å². The van der Waals surface area contributed by atoms with Gasteiger partial charge in [0.2, 0.25) is 0 Å². The van der Waals surface area contributed by atoms with Crippen molar-refractivity contribution in [1.82, 2.24) is 0 Å². The highest BCUT2D eigenvalue weighted by Crippen LogP contribution is 2.55. The van der Waals surface area contributed by atoms with Crippen LogP contribution < -0.4 is 4.90 Å². The Balaban J connectivity index is 1.29. The van der Waals surface area contributed by atoms with E-state index in [1.165, 1.54) is 39.1 Å². The number of anilines is 3. The van der Waals surface area contributed by atoms with Crippen molar-refractivity contribution >= 4 is 39.7 Å². The lowest BCUT2D eigenvalue weighted by Crippen LogP contribution is -2.18. The third-order valence-electron chi connectivity index (χ3n) is 10.5. The van der Waals surface area contributed by atoms with Gasteiger partial charge in [-0.25, -0.2) is 0 Å². The quantitative estimate of drug-likeness (QED) is 0.191. The zero-order valence-corrected chi connectivity index (χ0v) is 27.4. The molecule has 0 unspecified atom stereocenters. The SMILES string of the molecule is CC1(C)C2=C(C=CCC2)c2c(N(c3ccc(-c4ccccc4)cc3)c3ccccc3-c3cccc4c5c(oc34)CC=CC=C5)cccc21. The smallest absolute Gasteiger partial charge is 0.142 e. The summed E-state index contributed by atoms with van der Waals surface area (Å²) in [5, 5.41) is 1.15. The summed E-state index contributed by atoms with van der Waals surface area (Å²) in [6, 6.07) is 42.0. The summed E-state index contributed by atoms with van der Waals surface area (Å²) < 4.78 is 6.70. The van der Waals surface area contributed by atoms with Gasteiger partial charge in [0.15, 0.2) is 0 Å². The van der Waals surface area contributed by atoms with Gasteiger partial charge in [-0.2, -0.15) is 0 Å². The fraction of sp³-hybridized carbons (Fsp3) is 0.130. The molecule has 3 aliphatic rings. The van der Waals surface area contributed by atoms with Crippen molar-refractivity contribution in [3.63, 3.8) is 0 Å². The summed E-state index contributed by atoms with van der Waals surface area (Å²) in [7, 11) is 0. The topological polar surface area (TPSA) is 16.4 Å². The number of rotatable bonds is 5. The average Bonchev–Trinajstić information content (AvgIpc) is 3.48. The van der Waals surface area contributed by atoms with Crippen molar-refractivity contribution in [2.24, 2.45) is 0 Å². The molecule has 0 aliphatic heterocycles. The van der Waals surface area contributed by atoms with E-state index in [0.717, 1.165) is 58.5 Å². The van der Waals surface area contributed by atoms with Crippen LogP contribution in [0, 0.1) is 0 Å². The van der Waals surface area contributed by atoms with Crippen molar-refractivity contribution in [2.45, 2.75) is 38.5 Å². The molecule has 1 aromatic heterocycles. The molecule has 232 valence electrons. The van der Waals surface area contributed by atoms with E-state index in [1.54, 1.807) is 5.57 Å². The molecule has 0 atom stereocenters. The zero-order chi connectivity index (χ0) is 32.2. The molecular weight excluding hydrogens is 583 g/mol. The van der Waals surface area contributed by atoms with Crippen molar-refractivity contribution in [2.75, 3.05) is 4.90 Å². The Morgan fingerprint density at radius 1 is 0.646 bits per heavy atom. The first-order valence-corrected chi connectivity index (χ1v) is 17.1. The standard InChI is InChI=1S/C46H37NO/c1-46(2)39-22-11-9-19-38(39)44-40(46)23-14-25-42(44)47(33-29-27-32(28-30-33)31-15-5-3-6-16-31)41-24-12-10-17-34(41)36-20-13-21-37-35-18-7-4-8-26-43(35)48-45(36)37/h3-10,12-21,23-25,27-30H,11,22,26H2,1-2H3. The van der Waals surface area contributed by atoms with Gasteiger partial charge in [-0.15, -0.1) is 0 Å². The molecule has 0 N–H and O–H groups in total. The van der Waals surface area contributed by atoms with E-state index in [9.17, 15) is 0 Å². The molecule has 0 bridgehead atoms. The molecule has 9 rings (SSSR count). The second-order valence-corrected chi connectivity index (χ2v) is 13.5. The molecule has 0 fully saturated rings. The molecule has 0 spiro atoms. The Bertz CT molecular complexity index is 2330. The summed E-state index contributed by atoms with van der Waals surface area (Å²) in [6.45, 7) is 4.80.